The van der Waals surface area contributed by atoms with Crippen LogP contribution in [0.4, 0.5) is 4.39 Å². The largest absolute Gasteiger partial charge is 0.455 e. The highest BCUT2D eigenvalue weighted by Crippen LogP contribution is 2.09. The van der Waals surface area contributed by atoms with Gasteiger partial charge in [-0.1, -0.05) is 0 Å². The Kier molecular flexibility index (Phi) is 2.92. The van der Waals surface area contributed by atoms with E-state index in [4.69, 9.17) is 9.15 Å². The van der Waals surface area contributed by atoms with Gasteiger partial charge < -0.3 is 9.15 Å². The van der Waals surface area contributed by atoms with Crippen LogP contribution in [0.25, 0.3) is 0 Å². The van der Waals surface area contributed by atoms with Gasteiger partial charge in [-0.15, -0.1) is 0 Å². The first kappa shape index (κ1) is 9.60. The Labute approximate surface area is 73.3 Å². The standard InChI is InChI=1S/C8H7FO4/c1-12-4-5-2-3-6(13-5)7(10)8(9)11/h2-3H,4H2,1H3. The van der Waals surface area contributed by atoms with Crippen molar-refractivity contribution in [2.24, 2.45) is 0 Å². The molecule has 0 saturated carbocycles. The average Bonchev–Trinajstić information content (AvgIpc) is 2.52. The number of Topliss-reactive ketones (excluding diaryl/α,β-unsaturated/α-hetero) is 1. The van der Waals surface area contributed by atoms with Gasteiger partial charge in [0.05, 0.1) is 0 Å². The Morgan fingerprint density at radius 3 is 2.77 bits per heavy atom. The molecule has 4 nitrogen and oxygen atoms in total. The fourth-order valence-corrected chi connectivity index (χ4v) is 0.817. The van der Waals surface area contributed by atoms with E-state index in [-0.39, 0.29) is 12.4 Å². The quantitative estimate of drug-likeness (QED) is 0.401. The van der Waals surface area contributed by atoms with Crippen molar-refractivity contribution >= 4 is 11.8 Å². The topological polar surface area (TPSA) is 56.5 Å². The van der Waals surface area contributed by atoms with Gasteiger partial charge in [-0.25, -0.2) is 0 Å². The van der Waals surface area contributed by atoms with Crippen molar-refractivity contribution in [3.63, 3.8) is 0 Å². The molecule has 0 unspecified atom stereocenters. The van der Waals surface area contributed by atoms with E-state index in [1.165, 1.54) is 19.2 Å². The molecular formula is C8H7FO4. The lowest BCUT2D eigenvalue weighted by atomic mass is 10.3. The summed E-state index contributed by atoms with van der Waals surface area (Å²) < 4.78 is 21.4. The second-order valence-electron chi connectivity index (χ2n) is 2.30. The van der Waals surface area contributed by atoms with Crippen molar-refractivity contribution in [3.05, 3.63) is 23.7 Å². The van der Waals surface area contributed by atoms with E-state index >= 15 is 0 Å². The van der Waals surface area contributed by atoms with Gasteiger partial charge in [0, 0.05) is 7.11 Å². The molecule has 0 bridgehead atoms. The molecule has 13 heavy (non-hydrogen) atoms. The van der Waals surface area contributed by atoms with Crippen molar-refractivity contribution < 1.29 is 23.1 Å². The number of halogens is 1. The van der Waals surface area contributed by atoms with E-state index in [0.29, 0.717) is 5.76 Å². The van der Waals surface area contributed by atoms with Gasteiger partial charge in [0.2, 0.25) is 0 Å². The van der Waals surface area contributed by atoms with E-state index < -0.39 is 11.8 Å². The monoisotopic (exact) mass is 186 g/mol. The zero-order chi connectivity index (χ0) is 9.84. The van der Waals surface area contributed by atoms with Gasteiger partial charge in [0.25, 0.3) is 5.78 Å². The molecule has 0 atom stereocenters. The van der Waals surface area contributed by atoms with Crippen LogP contribution in [0.2, 0.25) is 0 Å². The van der Waals surface area contributed by atoms with Gasteiger partial charge in [-0.05, 0) is 12.1 Å². The molecule has 1 rings (SSSR count). The molecule has 0 amide bonds. The van der Waals surface area contributed by atoms with Crippen LogP contribution >= 0.6 is 0 Å². The average molecular weight is 186 g/mol. The third kappa shape index (κ3) is 2.22. The highest BCUT2D eigenvalue weighted by molar-refractivity contribution is 6.39. The van der Waals surface area contributed by atoms with Gasteiger partial charge >= 0.3 is 6.04 Å². The number of ether oxygens (including phenoxy) is 1. The van der Waals surface area contributed by atoms with Crippen LogP contribution in [0.15, 0.2) is 16.5 Å². The zero-order valence-corrected chi connectivity index (χ0v) is 6.87. The summed E-state index contributed by atoms with van der Waals surface area (Å²) in [5.41, 5.74) is 0. The van der Waals surface area contributed by atoms with Crippen molar-refractivity contribution in [1.29, 1.82) is 0 Å². The maximum atomic E-state index is 11.9. The fourth-order valence-electron chi connectivity index (χ4n) is 0.817. The molecule has 0 spiro atoms. The van der Waals surface area contributed by atoms with Crippen LogP contribution < -0.4 is 0 Å². The fraction of sp³-hybridized carbons (Fsp3) is 0.250. The first-order valence-electron chi connectivity index (χ1n) is 3.47. The molecule has 0 aromatic carbocycles. The summed E-state index contributed by atoms with van der Waals surface area (Å²) in [5.74, 6) is -1.21. The summed E-state index contributed by atoms with van der Waals surface area (Å²) in [6, 6.07) is 0.645. The Hall–Kier alpha value is -1.49. The van der Waals surface area contributed by atoms with Crippen molar-refractivity contribution in [2.75, 3.05) is 7.11 Å². The van der Waals surface area contributed by atoms with Crippen LogP contribution in [0.5, 0.6) is 0 Å². The lowest BCUT2D eigenvalue weighted by molar-refractivity contribution is -0.124. The second-order valence-corrected chi connectivity index (χ2v) is 2.30. The summed E-state index contributed by atoms with van der Waals surface area (Å²) in [4.78, 5) is 20.7. The Morgan fingerprint density at radius 2 is 2.23 bits per heavy atom. The van der Waals surface area contributed by atoms with E-state index in [0.717, 1.165) is 0 Å². The molecule has 0 aliphatic carbocycles. The molecule has 1 aromatic rings. The smallest absolute Gasteiger partial charge is 0.375 e. The third-order valence-corrected chi connectivity index (χ3v) is 1.35. The Balaban J connectivity index is 2.79. The predicted molar refractivity (Wildman–Crippen MR) is 39.9 cm³/mol. The number of carbonyl (C=O) groups is 2. The van der Waals surface area contributed by atoms with E-state index in [1.54, 1.807) is 0 Å². The first-order chi connectivity index (χ1) is 6.15. The van der Waals surface area contributed by atoms with Crippen molar-refractivity contribution in [1.82, 2.24) is 0 Å². The highest BCUT2D eigenvalue weighted by atomic mass is 19.1. The lowest BCUT2D eigenvalue weighted by Gasteiger charge is -1.91. The Bertz CT molecular complexity index is 329. The third-order valence-electron chi connectivity index (χ3n) is 1.35. The predicted octanol–water partition coefficient (Wildman–Crippen LogP) is 1.10. The molecule has 0 aliphatic heterocycles. The molecule has 0 N–H and O–H groups in total. The molecule has 5 heteroatoms. The first-order valence-corrected chi connectivity index (χ1v) is 3.47. The number of rotatable bonds is 4. The maximum Gasteiger partial charge on any atom is 0.375 e. The minimum Gasteiger partial charge on any atom is -0.455 e. The molecule has 1 heterocycles. The Morgan fingerprint density at radius 1 is 1.54 bits per heavy atom. The van der Waals surface area contributed by atoms with Crippen LogP contribution in [0.3, 0.4) is 0 Å². The summed E-state index contributed by atoms with van der Waals surface area (Å²) in [7, 11) is 1.45. The summed E-state index contributed by atoms with van der Waals surface area (Å²) in [6.07, 6.45) is 0. The molecule has 0 radical (unpaired) electrons. The molecule has 0 saturated heterocycles. The number of ketones is 1. The van der Waals surface area contributed by atoms with Crippen molar-refractivity contribution in [2.45, 2.75) is 6.61 Å². The highest BCUT2D eigenvalue weighted by Gasteiger charge is 2.19. The summed E-state index contributed by atoms with van der Waals surface area (Å²) in [6.45, 7) is 0.174. The van der Waals surface area contributed by atoms with Crippen LogP contribution in [-0.2, 0) is 16.1 Å². The van der Waals surface area contributed by atoms with Gasteiger partial charge in [-0.3, -0.25) is 9.59 Å². The normalized spacial score (nSPS) is 10.0. The van der Waals surface area contributed by atoms with E-state index in [2.05, 4.69) is 0 Å². The van der Waals surface area contributed by atoms with Crippen LogP contribution in [0, 0.1) is 0 Å². The van der Waals surface area contributed by atoms with Crippen LogP contribution in [0.1, 0.15) is 16.3 Å². The van der Waals surface area contributed by atoms with Gasteiger partial charge in [0.1, 0.15) is 12.4 Å². The van der Waals surface area contributed by atoms with Crippen LogP contribution in [-0.4, -0.2) is 18.9 Å². The van der Waals surface area contributed by atoms with Gasteiger partial charge in [0.15, 0.2) is 5.76 Å². The number of hydrogen-bond acceptors (Lipinski definition) is 4. The SMILES string of the molecule is COCc1ccc(C(=O)C(=O)F)o1. The second kappa shape index (κ2) is 3.95. The molecule has 0 aliphatic rings. The molecule has 0 fully saturated rings. The number of methoxy groups -OCH3 is 1. The number of hydrogen-bond donors (Lipinski definition) is 0. The van der Waals surface area contributed by atoms with Crippen molar-refractivity contribution in [3.8, 4) is 0 Å². The molecular weight excluding hydrogens is 179 g/mol. The maximum absolute atomic E-state index is 11.9. The minimum absolute atomic E-state index is 0.174. The minimum atomic E-state index is -2.03. The zero-order valence-electron chi connectivity index (χ0n) is 6.87. The number of furan rings is 1. The summed E-state index contributed by atoms with van der Waals surface area (Å²) in [5, 5.41) is 0. The number of carbonyl (C=O) groups excluding carboxylic acids is 2. The van der Waals surface area contributed by atoms with Gasteiger partial charge in [-0.2, -0.15) is 4.39 Å². The lowest BCUT2D eigenvalue weighted by Crippen LogP contribution is -2.06. The van der Waals surface area contributed by atoms with E-state index in [1.807, 2.05) is 0 Å². The molecule has 1 aromatic heterocycles. The molecule has 70 valence electrons. The summed E-state index contributed by atoms with van der Waals surface area (Å²) >= 11 is 0. The van der Waals surface area contributed by atoms with E-state index in [9.17, 15) is 14.0 Å².